The molecule has 0 saturated heterocycles. The van der Waals surface area contributed by atoms with E-state index in [1.807, 2.05) is 20.8 Å². The summed E-state index contributed by atoms with van der Waals surface area (Å²) in [5.41, 5.74) is -0.861. The summed E-state index contributed by atoms with van der Waals surface area (Å²) in [6.07, 6.45) is 0. The number of hydrogen-bond donors (Lipinski definition) is 1. The summed E-state index contributed by atoms with van der Waals surface area (Å²) < 4.78 is 121. The molecule has 0 spiro atoms. The molecule has 1 N–H and O–H groups in total. The smallest absolute Gasteiger partial charge is 0.340 e. The van der Waals surface area contributed by atoms with Crippen molar-refractivity contribution in [2.45, 2.75) is 88.3 Å². The van der Waals surface area contributed by atoms with E-state index in [1.165, 1.54) is 0 Å². The molecule has 0 aliphatic rings. The van der Waals surface area contributed by atoms with Crippen molar-refractivity contribution in [2.75, 3.05) is 0 Å². The van der Waals surface area contributed by atoms with Crippen molar-refractivity contribution in [3.05, 3.63) is 52.1 Å². The summed E-state index contributed by atoms with van der Waals surface area (Å²) in [7, 11) is -10.9. The van der Waals surface area contributed by atoms with Crippen molar-refractivity contribution in [1.29, 1.82) is 0 Å². The van der Waals surface area contributed by atoms with Gasteiger partial charge >= 0.3 is 20.2 Å². The fraction of sp³-hybridized carbons (Fsp3) is 0.500. The summed E-state index contributed by atoms with van der Waals surface area (Å²) in [4.78, 5) is -2.74. The maximum Gasteiger partial charge on any atom is 0.340 e. The van der Waals surface area contributed by atoms with Gasteiger partial charge < -0.3 is 4.18 Å². The summed E-state index contributed by atoms with van der Waals surface area (Å²) >= 11 is 0. The van der Waals surface area contributed by atoms with Gasteiger partial charge in [-0.15, -0.1) is 0 Å². The number of halogens is 4. The quantitative estimate of drug-likeness (QED) is 0.211. The Morgan fingerprint density at radius 3 is 1.28 bits per heavy atom. The van der Waals surface area contributed by atoms with Crippen LogP contribution in [0.1, 0.15) is 79.0 Å². The summed E-state index contributed by atoms with van der Waals surface area (Å²) in [5.74, 6) is -11.9. The zero-order valence-corrected chi connectivity index (χ0v) is 23.1. The predicted molar refractivity (Wildman–Crippen MR) is 126 cm³/mol. The molecule has 0 bridgehead atoms. The molecule has 6 nitrogen and oxygen atoms in total. The van der Waals surface area contributed by atoms with Gasteiger partial charge in [0.15, 0.2) is 16.5 Å². The first-order valence-corrected chi connectivity index (χ1v) is 13.6. The SMILES string of the molecule is CC(C)(C)c1cc(C(C)(C)C)c(S(=O)(=O)Oc2c(F)c(F)c(S(=O)(=O)O)c(F)c2F)c(C(C)(C)C)c1. The van der Waals surface area contributed by atoms with Gasteiger partial charge in [-0.2, -0.15) is 25.6 Å². The van der Waals surface area contributed by atoms with Crippen LogP contribution >= 0.6 is 0 Å². The largest absolute Gasteiger partial charge is 0.372 e. The number of hydrogen-bond acceptors (Lipinski definition) is 5. The van der Waals surface area contributed by atoms with Crippen LogP contribution < -0.4 is 4.18 Å². The minimum Gasteiger partial charge on any atom is -0.372 e. The second-order valence-corrected chi connectivity index (χ2v) is 14.4. The third kappa shape index (κ3) is 5.70. The van der Waals surface area contributed by atoms with Crippen LogP contribution in [0.3, 0.4) is 0 Å². The highest BCUT2D eigenvalue weighted by atomic mass is 32.2. The average Bonchev–Trinajstić information content (AvgIpc) is 2.65. The molecule has 0 heterocycles. The monoisotopic (exact) mass is 554 g/mol. The first kappa shape index (κ1) is 30.0. The molecule has 2 aromatic carbocycles. The van der Waals surface area contributed by atoms with Gasteiger partial charge in [0.05, 0.1) is 0 Å². The topological polar surface area (TPSA) is 97.7 Å². The molecule has 0 aliphatic carbocycles. The summed E-state index contributed by atoms with van der Waals surface area (Å²) in [6, 6.07) is 3.25. The Bertz CT molecular complexity index is 1360. The van der Waals surface area contributed by atoms with Crippen molar-refractivity contribution >= 4 is 20.2 Å². The third-order valence-electron chi connectivity index (χ3n) is 5.45. The molecule has 0 aromatic heterocycles. The third-order valence-corrected chi connectivity index (χ3v) is 7.66. The first-order chi connectivity index (χ1) is 15.8. The van der Waals surface area contributed by atoms with Gasteiger partial charge in [-0.1, -0.05) is 74.4 Å². The zero-order chi connectivity index (χ0) is 28.4. The minimum absolute atomic E-state index is 0.233. The predicted octanol–water partition coefficient (Wildman–Crippen LogP) is 6.15. The fourth-order valence-corrected chi connectivity index (χ4v) is 5.84. The molecular weight excluding hydrogens is 524 g/mol. The van der Waals surface area contributed by atoms with Crippen LogP contribution in [-0.2, 0) is 36.5 Å². The van der Waals surface area contributed by atoms with Gasteiger partial charge in [-0.25, -0.2) is 8.78 Å². The Morgan fingerprint density at radius 2 is 1.00 bits per heavy atom. The molecule has 0 unspecified atom stereocenters. The van der Waals surface area contributed by atoms with Gasteiger partial charge in [0, 0.05) is 0 Å². The van der Waals surface area contributed by atoms with Crippen molar-refractivity contribution in [3.8, 4) is 5.75 Å². The molecule has 0 aliphatic heterocycles. The fourth-order valence-electron chi connectivity index (χ4n) is 3.49. The van der Waals surface area contributed by atoms with Gasteiger partial charge in [0.1, 0.15) is 4.90 Å². The van der Waals surface area contributed by atoms with Crippen LogP contribution in [-0.4, -0.2) is 21.4 Å². The van der Waals surface area contributed by atoms with Crippen molar-refractivity contribution in [3.63, 3.8) is 0 Å². The molecule has 12 heteroatoms. The van der Waals surface area contributed by atoms with E-state index in [9.17, 15) is 34.4 Å². The van der Waals surface area contributed by atoms with E-state index in [4.69, 9.17) is 4.55 Å². The van der Waals surface area contributed by atoms with Crippen LogP contribution in [0.4, 0.5) is 17.6 Å². The lowest BCUT2D eigenvalue weighted by atomic mass is 9.75. The molecule has 0 radical (unpaired) electrons. The van der Waals surface area contributed by atoms with Crippen molar-refractivity contribution in [2.24, 2.45) is 0 Å². The van der Waals surface area contributed by atoms with Crippen molar-refractivity contribution < 1.29 is 43.1 Å². The Kier molecular flexibility index (Phi) is 7.50. The molecule has 0 atom stereocenters. The highest BCUT2D eigenvalue weighted by Gasteiger charge is 2.39. The van der Waals surface area contributed by atoms with Gasteiger partial charge in [0.25, 0.3) is 0 Å². The van der Waals surface area contributed by atoms with E-state index < -0.39 is 75.3 Å². The van der Waals surface area contributed by atoms with E-state index in [1.54, 1.807) is 53.7 Å². The maximum atomic E-state index is 14.6. The second-order valence-electron chi connectivity index (χ2n) is 11.6. The van der Waals surface area contributed by atoms with Crippen molar-refractivity contribution in [1.82, 2.24) is 0 Å². The lowest BCUT2D eigenvalue weighted by Gasteiger charge is -2.33. The van der Waals surface area contributed by atoms with Crippen LogP contribution in [0.25, 0.3) is 0 Å². The molecule has 2 aromatic rings. The maximum absolute atomic E-state index is 14.6. The number of benzene rings is 2. The molecule has 36 heavy (non-hydrogen) atoms. The second kappa shape index (κ2) is 8.98. The molecular formula is C24H30F4O6S2. The molecule has 0 fully saturated rings. The van der Waals surface area contributed by atoms with E-state index in [0.29, 0.717) is 0 Å². The zero-order valence-electron chi connectivity index (χ0n) is 21.5. The lowest BCUT2D eigenvalue weighted by molar-refractivity contribution is 0.363. The summed E-state index contributed by atoms with van der Waals surface area (Å²) in [6.45, 7) is 16.0. The molecule has 202 valence electrons. The highest BCUT2D eigenvalue weighted by molar-refractivity contribution is 7.87. The molecule has 0 saturated carbocycles. The lowest BCUT2D eigenvalue weighted by Crippen LogP contribution is -2.28. The highest BCUT2D eigenvalue weighted by Crippen LogP contribution is 2.42. The number of rotatable bonds is 4. The van der Waals surface area contributed by atoms with E-state index in [2.05, 4.69) is 4.18 Å². The van der Waals surface area contributed by atoms with Crippen LogP contribution in [0, 0.1) is 23.3 Å². The van der Waals surface area contributed by atoms with Gasteiger partial charge in [-0.3, -0.25) is 4.55 Å². The van der Waals surface area contributed by atoms with Crippen LogP contribution in [0.2, 0.25) is 0 Å². The minimum atomic E-state index is -5.73. The van der Waals surface area contributed by atoms with Gasteiger partial charge in [0.2, 0.25) is 17.4 Å². The van der Waals surface area contributed by atoms with E-state index in [0.717, 1.165) is 5.56 Å². The summed E-state index contributed by atoms with van der Waals surface area (Å²) in [5, 5.41) is 0. The molecule has 0 amide bonds. The Hall–Kier alpha value is -2.18. The Morgan fingerprint density at radius 1 is 0.639 bits per heavy atom. The van der Waals surface area contributed by atoms with Crippen LogP contribution in [0.5, 0.6) is 5.75 Å². The normalized spacial score (nSPS) is 13.7. The van der Waals surface area contributed by atoms with Crippen LogP contribution in [0.15, 0.2) is 21.9 Å². The Balaban J connectivity index is 3.00. The van der Waals surface area contributed by atoms with E-state index in [-0.39, 0.29) is 11.1 Å². The molecule has 2 rings (SSSR count). The Labute approximate surface area is 209 Å². The average molecular weight is 555 g/mol. The van der Waals surface area contributed by atoms with E-state index >= 15 is 0 Å². The standard InChI is InChI=1S/C24H30F4O6S2/c1-22(2,3)12-10-13(23(4,5)6)20(14(11-12)24(7,8)9)36(32,33)34-19-15(25)17(27)21(35(29,30)31)18(28)16(19)26/h10-11H,1-9H3,(H,29,30,31). The first-order valence-electron chi connectivity index (χ1n) is 10.8. The van der Waals surface area contributed by atoms with Gasteiger partial charge in [-0.05, 0) is 32.9 Å².